The number of nitrogens with two attached hydrogens (primary N) is 1. The van der Waals surface area contributed by atoms with Crippen molar-refractivity contribution in [3.05, 3.63) is 0 Å². The lowest BCUT2D eigenvalue weighted by Crippen LogP contribution is -2.39. The lowest BCUT2D eigenvalue weighted by Gasteiger charge is -2.27. The van der Waals surface area contributed by atoms with Gasteiger partial charge in [0.05, 0.1) is 0 Å². The summed E-state index contributed by atoms with van der Waals surface area (Å²) in [7, 11) is 4.20. The molecule has 1 atom stereocenters. The van der Waals surface area contributed by atoms with Crippen LogP contribution in [0.4, 0.5) is 0 Å². The van der Waals surface area contributed by atoms with E-state index in [1.165, 1.54) is 19.3 Å². The number of ether oxygens (including phenoxy) is 1. The predicted octanol–water partition coefficient (Wildman–Crippen LogP) is 0.587. The summed E-state index contributed by atoms with van der Waals surface area (Å²) < 4.78 is 5.35. The van der Waals surface area contributed by atoms with Crippen molar-refractivity contribution in [1.29, 1.82) is 0 Å². The molecule has 4 nitrogen and oxygen atoms in total. The number of hydrogen-bond donors (Lipinski definition) is 2. The first kappa shape index (κ1) is 12.9. The molecule has 1 fully saturated rings. The van der Waals surface area contributed by atoms with E-state index in [2.05, 4.69) is 24.4 Å². The molecular weight excluding hydrogens is 190 g/mol. The van der Waals surface area contributed by atoms with Crippen molar-refractivity contribution in [3.63, 3.8) is 0 Å². The summed E-state index contributed by atoms with van der Waals surface area (Å²) in [5.41, 5.74) is 2.94. The minimum atomic E-state index is 0.454. The largest absolute Gasteiger partial charge is 0.381 e. The van der Waals surface area contributed by atoms with E-state index in [1.54, 1.807) is 0 Å². The molecule has 0 aliphatic carbocycles. The van der Waals surface area contributed by atoms with Crippen LogP contribution < -0.4 is 11.3 Å². The first-order chi connectivity index (χ1) is 7.22. The lowest BCUT2D eigenvalue weighted by molar-refractivity contribution is 0.0599. The monoisotopic (exact) mass is 215 g/mol. The molecule has 0 aromatic heterocycles. The Hall–Kier alpha value is -0.160. The van der Waals surface area contributed by atoms with Crippen LogP contribution in [0.1, 0.15) is 25.7 Å². The van der Waals surface area contributed by atoms with Gasteiger partial charge in [-0.1, -0.05) is 0 Å². The van der Waals surface area contributed by atoms with Crippen molar-refractivity contribution in [2.24, 2.45) is 11.8 Å². The fourth-order valence-corrected chi connectivity index (χ4v) is 2.07. The molecule has 0 spiro atoms. The molecule has 1 heterocycles. The van der Waals surface area contributed by atoms with Crippen LogP contribution in [0.5, 0.6) is 0 Å². The molecule has 1 saturated heterocycles. The van der Waals surface area contributed by atoms with Crippen LogP contribution in [0.2, 0.25) is 0 Å². The summed E-state index contributed by atoms with van der Waals surface area (Å²) >= 11 is 0. The van der Waals surface area contributed by atoms with Crippen LogP contribution in [0.15, 0.2) is 0 Å². The SMILES string of the molecule is CN(C)CCC(CC1CCOCC1)NN. The minimum Gasteiger partial charge on any atom is -0.381 e. The molecule has 0 aromatic rings. The van der Waals surface area contributed by atoms with Gasteiger partial charge in [-0.15, -0.1) is 0 Å². The maximum Gasteiger partial charge on any atom is 0.0468 e. The van der Waals surface area contributed by atoms with Gasteiger partial charge in [0.25, 0.3) is 0 Å². The van der Waals surface area contributed by atoms with Crippen LogP contribution in [0.3, 0.4) is 0 Å². The summed E-state index contributed by atoms with van der Waals surface area (Å²) in [6, 6.07) is 0.454. The number of nitrogens with zero attached hydrogens (tertiary/aromatic N) is 1. The Bertz CT molecular complexity index is 158. The van der Waals surface area contributed by atoms with Gasteiger partial charge in [0, 0.05) is 19.3 Å². The van der Waals surface area contributed by atoms with Gasteiger partial charge < -0.3 is 9.64 Å². The van der Waals surface area contributed by atoms with E-state index >= 15 is 0 Å². The normalized spacial score (nSPS) is 20.8. The van der Waals surface area contributed by atoms with Crippen molar-refractivity contribution in [1.82, 2.24) is 10.3 Å². The summed E-state index contributed by atoms with van der Waals surface area (Å²) in [6.45, 7) is 2.95. The predicted molar refractivity (Wildman–Crippen MR) is 62.4 cm³/mol. The smallest absolute Gasteiger partial charge is 0.0468 e. The molecule has 4 heteroatoms. The molecule has 1 unspecified atom stereocenters. The highest BCUT2D eigenvalue weighted by atomic mass is 16.5. The summed E-state index contributed by atoms with van der Waals surface area (Å²) in [5, 5.41) is 0. The van der Waals surface area contributed by atoms with E-state index in [-0.39, 0.29) is 0 Å². The van der Waals surface area contributed by atoms with Gasteiger partial charge in [-0.3, -0.25) is 11.3 Å². The fraction of sp³-hybridized carbons (Fsp3) is 1.00. The number of nitrogens with one attached hydrogen (secondary N) is 1. The van der Waals surface area contributed by atoms with E-state index in [0.717, 1.165) is 32.1 Å². The average molecular weight is 215 g/mol. The second kappa shape index (κ2) is 7.17. The Morgan fingerprint density at radius 3 is 2.60 bits per heavy atom. The average Bonchev–Trinajstić information content (AvgIpc) is 2.25. The van der Waals surface area contributed by atoms with Gasteiger partial charge in [-0.25, -0.2) is 0 Å². The zero-order valence-electron chi connectivity index (χ0n) is 10.0. The van der Waals surface area contributed by atoms with E-state index in [0.29, 0.717) is 6.04 Å². The molecule has 0 saturated carbocycles. The molecule has 15 heavy (non-hydrogen) atoms. The second-order valence-corrected chi connectivity index (χ2v) is 4.75. The molecule has 3 N–H and O–H groups in total. The number of hydrazine groups is 1. The highest BCUT2D eigenvalue weighted by Gasteiger charge is 2.18. The molecule has 0 radical (unpaired) electrons. The van der Waals surface area contributed by atoms with Crippen molar-refractivity contribution in [2.45, 2.75) is 31.7 Å². The fourth-order valence-electron chi connectivity index (χ4n) is 2.07. The Balaban J connectivity index is 2.19. The van der Waals surface area contributed by atoms with Gasteiger partial charge in [0.2, 0.25) is 0 Å². The minimum absolute atomic E-state index is 0.454. The Kier molecular flexibility index (Phi) is 6.17. The van der Waals surface area contributed by atoms with Gasteiger partial charge in [-0.05, 0) is 52.2 Å². The second-order valence-electron chi connectivity index (χ2n) is 4.75. The first-order valence-corrected chi connectivity index (χ1v) is 5.91. The highest BCUT2D eigenvalue weighted by Crippen LogP contribution is 2.20. The Morgan fingerprint density at radius 1 is 1.40 bits per heavy atom. The number of hydrogen-bond acceptors (Lipinski definition) is 4. The standard InChI is InChI=1S/C11H25N3O/c1-14(2)6-3-11(13-12)9-10-4-7-15-8-5-10/h10-11,13H,3-9,12H2,1-2H3. The zero-order valence-corrected chi connectivity index (χ0v) is 10.0. The summed E-state index contributed by atoms with van der Waals surface area (Å²) in [4.78, 5) is 2.20. The van der Waals surface area contributed by atoms with Gasteiger partial charge in [0.15, 0.2) is 0 Å². The van der Waals surface area contributed by atoms with Crippen LogP contribution in [0, 0.1) is 5.92 Å². The third-order valence-electron chi connectivity index (χ3n) is 3.12. The molecule has 90 valence electrons. The van der Waals surface area contributed by atoms with Crippen molar-refractivity contribution in [2.75, 3.05) is 33.9 Å². The van der Waals surface area contributed by atoms with Crippen molar-refractivity contribution < 1.29 is 4.74 Å². The molecule has 0 amide bonds. The quantitative estimate of drug-likeness (QED) is 0.503. The molecule has 1 rings (SSSR count). The van der Waals surface area contributed by atoms with E-state index in [9.17, 15) is 0 Å². The Morgan fingerprint density at radius 2 is 2.07 bits per heavy atom. The molecule has 0 aromatic carbocycles. The van der Waals surface area contributed by atoms with Crippen LogP contribution in [0.25, 0.3) is 0 Å². The zero-order chi connectivity index (χ0) is 11.1. The third kappa shape index (κ3) is 5.47. The maximum atomic E-state index is 5.58. The van der Waals surface area contributed by atoms with Gasteiger partial charge in [-0.2, -0.15) is 0 Å². The van der Waals surface area contributed by atoms with Crippen molar-refractivity contribution in [3.8, 4) is 0 Å². The molecular formula is C11H25N3O. The summed E-state index contributed by atoms with van der Waals surface area (Å²) in [6.07, 6.45) is 4.70. The maximum absolute atomic E-state index is 5.58. The van der Waals surface area contributed by atoms with E-state index in [4.69, 9.17) is 10.6 Å². The third-order valence-corrected chi connectivity index (χ3v) is 3.12. The van der Waals surface area contributed by atoms with Crippen molar-refractivity contribution >= 4 is 0 Å². The highest BCUT2D eigenvalue weighted by molar-refractivity contribution is 4.73. The lowest BCUT2D eigenvalue weighted by atomic mass is 9.91. The van der Waals surface area contributed by atoms with Gasteiger partial charge >= 0.3 is 0 Å². The van der Waals surface area contributed by atoms with E-state index in [1.807, 2.05) is 0 Å². The van der Waals surface area contributed by atoms with Crippen LogP contribution in [-0.2, 0) is 4.74 Å². The van der Waals surface area contributed by atoms with Gasteiger partial charge in [0.1, 0.15) is 0 Å². The van der Waals surface area contributed by atoms with Crippen LogP contribution in [-0.4, -0.2) is 44.8 Å². The topological polar surface area (TPSA) is 50.5 Å². The number of rotatable bonds is 6. The molecule has 0 bridgehead atoms. The first-order valence-electron chi connectivity index (χ1n) is 5.91. The van der Waals surface area contributed by atoms with E-state index < -0.39 is 0 Å². The molecule has 1 aliphatic rings. The summed E-state index contributed by atoms with van der Waals surface area (Å²) in [5.74, 6) is 6.37. The molecule has 1 aliphatic heterocycles. The Labute approximate surface area is 93.1 Å². The van der Waals surface area contributed by atoms with Crippen LogP contribution >= 0.6 is 0 Å².